The van der Waals surface area contributed by atoms with E-state index < -0.39 is 21.2 Å². The van der Waals surface area contributed by atoms with Crippen LogP contribution in [0.25, 0.3) is 0 Å². The second kappa shape index (κ2) is 8.49. The van der Waals surface area contributed by atoms with Crippen molar-refractivity contribution < 1.29 is 23.1 Å². The monoisotopic (exact) mass is 444 g/mol. The molecule has 0 saturated heterocycles. The van der Waals surface area contributed by atoms with Crippen molar-refractivity contribution in [1.29, 1.82) is 0 Å². The maximum atomic E-state index is 11.8. The standard InChI is InChI=1S/C23H28N2O5S/c1-31(28,29)15-23(14-22(26)27)13-19(23)16-4-7-18(8-5-16)30-12-10-17-6-9-20-21(25-17)3-2-11-24-20/h4-9,19,24H,2-3,10-15H2,1H3,(H,26,27). The molecule has 0 radical (unpaired) electrons. The smallest absolute Gasteiger partial charge is 0.303 e. The highest BCUT2D eigenvalue weighted by Gasteiger charge is 2.57. The number of sulfone groups is 1. The molecule has 4 rings (SSSR count). The van der Waals surface area contributed by atoms with Crippen LogP contribution in [0.3, 0.4) is 0 Å². The number of aromatic nitrogens is 1. The van der Waals surface area contributed by atoms with Gasteiger partial charge in [-0.15, -0.1) is 0 Å². The third-order valence-corrected chi connectivity index (χ3v) is 7.19. The normalized spacial score (nSPS) is 22.3. The Morgan fingerprint density at radius 3 is 2.74 bits per heavy atom. The van der Waals surface area contributed by atoms with Crippen molar-refractivity contribution in [3.8, 4) is 5.75 Å². The Labute approximate surface area is 182 Å². The van der Waals surface area contributed by atoms with Crippen molar-refractivity contribution in [3.05, 3.63) is 53.3 Å². The van der Waals surface area contributed by atoms with Crippen LogP contribution in [0, 0.1) is 5.41 Å². The minimum atomic E-state index is -3.26. The number of pyridine rings is 1. The molecule has 1 aliphatic heterocycles. The van der Waals surface area contributed by atoms with Crippen LogP contribution in [0.5, 0.6) is 5.75 Å². The van der Waals surface area contributed by atoms with Gasteiger partial charge in [-0.3, -0.25) is 9.78 Å². The molecule has 0 bridgehead atoms. The molecule has 2 N–H and O–H groups in total. The van der Waals surface area contributed by atoms with Gasteiger partial charge in [0.25, 0.3) is 0 Å². The highest BCUT2D eigenvalue weighted by atomic mass is 32.2. The molecule has 2 aliphatic rings. The third kappa shape index (κ3) is 5.36. The summed E-state index contributed by atoms with van der Waals surface area (Å²) in [6.07, 6.45) is 4.43. The quantitative estimate of drug-likeness (QED) is 0.612. The maximum absolute atomic E-state index is 11.8. The van der Waals surface area contributed by atoms with E-state index in [1.807, 2.05) is 30.3 Å². The van der Waals surface area contributed by atoms with Crippen molar-refractivity contribution in [1.82, 2.24) is 4.98 Å². The Bertz CT molecular complexity index is 1070. The van der Waals surface area contributed by atoms with Gasteiger partial charge in [-0.1, -0.05) is 12.1 Å². The summed E-state index contributed by atoms with van der Waals surface area (Å²) in [5, 5.41) is 12.6. The molecular weight excluding hydrogens is 416 g/mol. The zero-order valence-corrected chi connectivity index (χ0v) is 18.5. The molecule has 1 aromatic carbocycles. The molecule has 31 heavy (non-hydrogen) atoms. The van der Waals surface area contributed by atoms with Crippen molar-refractivity contribution in [2.24, 2.45) is 5.41 Å². The fourth-order valence-electron chi connectivity index (χ4n) is 4.63. The number of aliphatic carboxylic acids is 1. The van der Waals surface area contributed by atoms with Crippen molar-refractivity contribution >= 4 is 21.5 Å². The highest BCUT2D eigenvalue weighted by Crippen LogP contribution is 2.62. The molecule has 0 spiro atoms. The second-order valence-corrected chi connectivity index (χ2v) is 10.9. The lowest BCUT2D eigenvalue weighted by atomic mass is 9.97. The number of hydrogen-bond donors (Lipinski definition) is 2. The average molecular weight is 445 g/mol. The minimum absolute atomic E-state index is 0.0549. The summed E-state index contributed by atoms with van der Waals surface area (Å²) in [5.74, 6) is -0.382. The van der Waals surface area contributed by atoms with Crippen molar-refractivity contribution in [2.45, 2.75) is 38.0 Å². The van der Waals surface area contributed by atoms with Gasteiger partial charge in [0.05, 0.1) is 30.2 Å². The molecule has 2 heterocycles. The van der Waals surface area contributed by atoms with Gasteiger partial charge in [0.1, 0.15) is 15.6 Å². The van der Waals surface area contributed by atoms with Gasteiger partial charge in [-0.2, -0.15) is 0 Å². The summed E-state index contributed by atoms with van der Waals surface area (Å²) in [4.78, 5) is 16.0. The van der Waals surface area contributed by atoms with Crippen LogP contribution in [-0.4, -0.2) is 49.6 Å². The van der Waals surface area contributed by atoms with Gasteiger partial charge in [0.2, 0.25) is 0 Å². The average Bonchev–Trinajstić information content (AvgIpc) is 3.38. The lowest BCUT2D eigenvalue weighted by Crippen LogP contribution is -2.21. The molecule has 2 aromatic rings. The van der Waals surface area contributed by atoms with Crippen LogP contribution in [-0.2, 0) is 27.5 Å². The zero-order valence-electron chi connectivity index (χ0n) is 17.6. The van der Waals surface area contributed by atoms with Crippen molar-refractivity contribution in [2.75, 3.05) is 30.5 Å². The van der Waals surface area contributed by atoms with E-state index in [0.29, 0.717) is 19.4 Å². The Balaban J connectivity index is 1.34. The molecule has 1 aromatic heterocycles. The van der Waals surface area contributed by atoms with E-state index in [0.717, 1.165) is 54.0 Å². The van der Waals surface area contributed by atoms with Crippen LogP contribution in [0.1, 0.15) is 42.1 Å². The molecule has 1 aliphatic carbocycles. The first-order valence-corrected chi connectivity index (χ1v) is 12.7. The van der Waals surface area contributed by atoms with E-state index >= 15 is 0 Å². The van der Waals surface area contributed by atoms with Crippen LogP contribution >= 0.6 is 0 Å². The predicted molar refractivity (Wildman–Crippen MR) is 118 cm³/mol. The second-order valence-electron chi connectivity index (χ2n) is 8.75. The van der Waals surface area contributed by atoms with Crippen LogP contribution in [0.4, 0.5) is 5.69 Å². The van der Waals surface area contributed by atoms with Gasteiger partial charge >= 0.3 is 5.97 Å². The number of carboxylic acids is 1. The third-order valence-electron chi connectivity index (χ3n) is 6.09. The zero-order chi connectivity index (χ0) is 22.1. The number of nitrogens with zero attached hydrogens (tertiary/aromatic N) is 1. The topological polar surface area (TPSA) is 106 Å². The molecular formula is C23H28N2O5S. The summed E-state index contributed by atoms with van der Waals surface area (Å²) in [7, 11) is -3.26. The Morgan fingerprint density at radius 2 is 2.03 bits per heavy atom. The van der Waals surface area contributed by atoms with Gasteiger partial charge < -0.3 is 15.2 Å². The molecule has 0 amide bonds. The number of carboxylic acid groups (broad SMARTS) is 1. The van der Waals surface area contributed by atoms with E-state index in [9.17, 15) is 18.3 Å². The number of hydrogen-bond acceptors (Lipinski definition) is 6. The molecule has 2 unspecified atom stereocenters. The Hall–Kier alpha value is -2.61. The summed E-state index contributed by atoms with van der Waals surface area (Å²) in [5.41, 5.74) is 3.52. The maximum Gasteiger partial charge on any atom is 0.303 e. The largest absolute Gasteiger partial charge is 0.493 e. The number of aryl methyl sites for hydroxylation is 1. The number of ether oxygens (including phenoxy) is 1. The highest BCUT2D eigenvalue weighted by molar-refractivity contribution is 7.90. The van der Waals surface area contributed by atoms with Gasteiger partial charge in [-0.05, 0) is 55.0 Å². The first-order chi connectivity index (χ1) is 14.7. The fraction of sp³-hybridized carbons (Fsp3) is 0.478. The van der Waals surface area contributed by atoms with E-state index in [-0.39, 0.29) is 18.1 Å². The number of benzene rings is 1. The number of anilines is 1. The van der Waals surface area contributed by atoms with E-state index in [1.165, 1.54) is 0 Å². The number of fused-ring (bicyclic) bond motifs is 1. The molecule has 2 atom stereocenters. The molecule has 1 saturated carbocycles. The summed E-state index contributed by atoms with van der Waals surface area (Å²) >= 11 is 0. The number of nitrogens with one attached hydrogen (secondary N) is 1. The first-order valence-electron chi connectivity index (χ1n) is 10.6. The number of carbonyl (C=O) groups is 1. The summed E-state index contributed by atoms with van der Waals surface area (Å²) in [6.45, 7) is 1.51. The van der Waals surface area contributed by atoms with Gasteiger partial charge in [0.15, 0.2) is 0 Å². The van der Waals surface area contributed by atoms with Crippen LogP contribution in [0.2, 0.25) is 0 Å². The minimum Gasteiger partial charge on any atom is -0.493 e. The lowest BCUT2D eigenvalue weighted by Gasteiger charge is -2.17. The van der Waals surface area contributed by atoms with E-state index in [4.69, 9.17) is 9.72 Å². The predicted octanol–water partition coefficient (Wildman–Crippen LogP) is 3.05. The summed E-state index contributed by atoms with van der Waals surface area (Å²) in [6, 6.07) is 11.7. The Morgan fingerprint density at radius 1 is 1.26 bits per heavy atom. The van der Waals surface area contributed by atoms with Crippen LogP contribution < -0.4 is 10.1 Å². The molecule has 1 fully saturated rings. The Kier molecular flexibility index (Phi) is 5.92. The molecule has 166 valence electrons. The summed E-state index contributed by atoms with van der Waals surface area (Å²) < 4.78 is 29.4. The van der Waals surface area contributed by atoms with Gasteiger partial charge in [0, 0.05) is 30.3 Å². The molecule has 7 nitrogen and oxygen atoms in total. The van der Waals surface area contributed by atoms with E-state index in [1.54, 1.807) is 0 Å². The van der Waals surface area contributed by atoms with Crippen LogP contribution in [0.15, 0.2) is 36.4 Å². The fourth-order valence-corrected chi connectivity index (χ4v) is 6.10. The van der Waals surface area contributed by atoms with Crippen molar-refractivity contribution in [3.63, 3.8) is 0 Å². The van der Waals surface area contributed by atoms with Gasteiger partial charge in [-0.25, -0.2) is 8.42 Å². The molecule has 8 heteroatoms. The number of rotatable bonds is 9. The first kappa shape index (κ1) is 21.6. The SMILES string of the molecule is CS(=O)(=O)CC1(CC(=O)O)CC1c1ccc(OCCc2ccc3c(n2)CCCN3)cc1. The van der Waals surface area contributed by atoms with E-state index in [2.05, 4.69) is 11.4 Å². The lowest BCUT2D eigenvalue weighted by molar-refractivity contribution is -0.138.